The molecule has 0 atom stereocenters. The molecule has 5 heteroatoms. The zero-order valence-corrected chi connectivity index (χ0v) is 11.4. The first kappa shape index (κ1) is 12.5. The van der Waals surface area contributed by atoms with E-state index in [2.05, 4.69) is 26.9 Å². The van der Waals surface area contributed by atoms with Gasteiger partial charge in [0.15, 0.2) is 5.82 Å². The number of rotatable bonds is 5. The highest BCUT2D eigenvalue weighted by Gasteiger charge is 2.09. The Balaban J connectivity index is 1.81. The van der Waals surface area contributed by atoms with Crippen LogP contribution in [0.4, 0.5) is 5.82 Å². The molecule has 2 aromatic heterocycles. The first-order valence-electron chi connectivity index (χ1n) is 6.70. The van der Waals surface area contributed by atoms with E-state index in [0.717, 1.165) is 30.3 Å². The Morgan fingerprint density at radius 1 is 1.20 bits per heavy atom. The van der Waals surface area contributed by atoms with E-state index in [-0.39, 0.29) is 0 Å². The van der Waals surface area contributed by atoms with E-state index < -0.39 is 0 Å². The van der Waals surface area contributed by atoms with Crippen LogP contribution >= 0.6 is 0 Å². The van der Waals surface area contributed by atoms with Crippen molar-refractivity contribution >= 4 is 5.82 Å². The van der Waals surface area contributed by atoms with Gasteiger partial charge in [0.1, 0.15) is 0 Å². The van der Waals surface area contributed by atoms with Crippen molar-refractivity contribution in [1.29, 1.82) is 0 Å². The number of H-pyrrole nitrogens is 1. The standard InChI is InChI=1S/C15H17N5/c1-2-19(11-13-10-16-12-17-13)15-8-9-20(18-15)14-6-4-3-5-7-14/h3-10,12H,2,11H2,1H3,(H,16,17). The number of nitrogens with one attached hydrogen (secondary N) is 1. The van der Waals surface area contributed by atoms with Crippen molar-refractivity contribution in [2.24, 2.45) is 0 Å². The Hall–Kier alpha value is -2.56. The third-order valence-electron chi connectivity index (χ3n) is 3.22. The van der Waals surface area contributed by atoms with Gasteiger partial charge in [-0.05, 0) is 19.1 Å². The van der Waals surface area contributed by atoms with E-state index >= 15 is 0 Å². The van der Waals surface area contributed by atoms with Gasteiger partial charge in [0.05, 0.1) is 24.3 Å². The summed E-state index contributed by atoms with van der Waals surface area (Å²) in [5.41, 5.74) is 2.15. The normalized spacial score (nSPS) is 10.7. The molecule has 20 heavy (non-hydrogen) atoms. The van der Waals surface area contributed by atoms with Gasteiger partial charge in [-0.2, -0.15) is 5.10 Å². The lowest BCUT2D eigenvalue weighted by molar-refractivity contribution is 0.774. The molecule has 0 saturated carbocycles. The van der Waals surface area contributed by atoms with Crippen molar-refractivity contribution in [1.82, 2.24) is 19.7 Å². The molecule has 0 aliphatic carbocycles. The van der Waals surface area contributed by atoms with Gasteiger partial charge in [-0.15, -0.1) is 0 Å². The molecular formula is C15H17N5. The highest BCUT2D eigenvalue weighted by molar-refractivity contribution is 5.40. The highest BCUT2D eigenvalue weighted by atomic mass is 15.3. The first-order valence-corrected chi connectivity index (χ1v) is 6.70. The molecule has 0 spiro atoms. The predicted octanol–water partition coefficient (Wildman–Crippen LogP) is 2.62. The van der Waals surface area contributed by atoms with Crippen molar-refractivity contribution in [3.05, 3.63) is 60.8 Å². The number of hydrogen-bond donors (Lipinski definition) is 1. The molecule has 0 aliphatic heterocycles. The van der Waals surface area contributed by atoms with Crippen LogP contribution in [0.3, 0.4) is 0 Å². The summed E-state index contributed by atoms with van der Waals surface area (Å²) >= 11 is 0. The van der Waals surface area contributed by atoms with Crippen molar-refractivity contribution < 1.29 is 0 Å². The van der Waals surface area contributed by atoms with Crippen LogP contribution in [0.15, 0.2) is 55.1 Å². The van der Waals surface area contributed by atoms with Gasteiger partial charge in [0, 0.05) is 25.0 Å². The van der Waals surface area contributed by atoms with Crippen LogP contribution in [0.1, 0.15) is 12.6 Å². The van der Waals surface area contributed by atoms with Crippen LogP contribution in [0, 0.1) is 0 Å². The monoisotopic (exact) mass is 267 g/mol. The van der Waals surface area contributed by atoms with E-state index in [4.69, 9.17) is 0 Å². The maximum atomic E-state index is 4.64. The minimum absolute atomic E-state index is 0.780. The van der Waals surface area contributed by atoms with Crippen molar-refractivity contribution in [3.63, 3.8) is 0 Å². The van der Waals surface area contributed by atoms with Gasteiger partial charge >= 0.3 is 0 Å². The summed E-state index contributed by atoms with van der Waals surface area (Å²) in [6, 6.07) is 12.2. The van der Waals surface area contributed by atoms with Gasteiger partial charge in [0.2, 0.25) is 0 Å². The largest absolute Gasteiger partial charge is 0.350 e. The summed E-state index contributed by atoms with van der Waals surface area (Å²) in [4.78, 5) is 9.37. The summed E-state index contributed by atoms with van der Waals surface area (Å²) in [6.45, 7) is 3.80. The molecule has 102 valence electrons. The van der Waals surface area contributed by atoms with Gasteiger partial charge in [-0.3, -0.25) is 0 Å². The van der Waals surface area contributed by atoms with Crippen LogP contribution in [0.25, 0.3) is 5.69 Å². The zero-order chi connectivity index (χ0) is 13.8. The van der Waals surface area contributed by atoms with Crippen molar-refractivity contribution in [2.45, 2.75) is 13.5 Å². The Morgan fingerprint density at radius 2 is 2.05 bits per heavy atom. The number of nitrogens with zero attached hydrogens (tertiary/aromatic N) is 4. The zero-order valence-electron chi connectivity index (χ0n) is 11.4. The first-order chi connectivity index (χ1) is 9.86. The summed E-state index contributed by atoms with van der Waals surface area (Å²) in [5.74, 6) is 0.964. The molecule has 3 rings (SSSR count). The number of aromatic amines is 1. The second-order valence-corrected chi connectivity index (χ2v) is 4.55. The molecular weight excluding hydrogens is 250 g/mol. The average molecular weight is 267 g/mol. The fraction of sp³-hybridized carbons (Fsp3) is 0.200. The van der Waals surface area contributed by atoms with Crippen LogP contribution in [0.5, 0.6) is 0 Å². The number of aromatic nitrogens is 4. The molecule has 0 saturated heterocycles. The SMILES string of the molecule is CCN(Cc1cnc[nH]1)c1ccn(-c2ccccc2)n1. The Labute approximate surface area is 117 Å². The quantitative estimate of drug-likeness (QED) is 0.773. The second-order valence-electron chi connectivity index (χ2n) is 4.55. The lowest BCUT2D eigenvalue weighted by Gasteiger charge is -2.19. The van der Waals surface area contributed by atoms with E-state index in [9.17, 15) is 0 Å². The van der Waals surface area contributed by atoms with Gasteiger partial charge < -0.3 is 9.88 Å². The van der Waals surface area contributed by atoms with Crippen LogP contribution in [-0.2, 0) is 6.54 Å². The van der Waals surface area contributed by atoms with E-state index in [0.29, 0.717) is 0 Å². The minimum Gasteiger partial charge on any atom is -0.350 e. The van der Waals surface area contributed by atoms with Crippen molar-refractivity contribution in [3.8, 4) is 5.69 Å². The lowest BCUT2D eigenvalue weighted by atomic mass is 10.3. The van der Waals surface area contributed by atoms with E-state index in [1.165, 1.54) is 0 Å². The fourth-order valence-corrected chi connectivity index (χ4v) is 2.14. The third kappa shape index (κ3) is 2.56. The van der Waals surface area contributed by atoms with Gasteiger partial charge in [-0.1, -0.05) is 18.2 Å². The Morgan fingerprint density at radius 3 is 2.75 bits per heavy atom. The molecule has 5 nitrogen and oxygen atoms in total. The molecule has 0 fully saturated rings. The van der Waals surface area contributed by atoms with E-state index in [1.807, 2.05) is 53.5 Å². The fourth-order valence-electron chi connectivity index (χ4n) is 2.14. The third-order valence-corrected chi connectivity index (χ3v) is 3.22. The Bertz CT molecular complexity index is 642. The summed E-state index contributed by atoms with van der Waals surface area (Å²) < 4.78 is 1.89. The molecule has 1 aromatic carbocycles. The molecule has 2 heterocycles. The number of para-hydroxylation sites is 1. The molecule has 3 aromatic rings. The topological polar surface area (TPSA) is 49.7 Å². The molecule has 0 bridgehead atoms. The smallest absolute Gasteiger partial charge is 0.151 e. The van der Waals surface area contributed by atoms with E-state index in [1.54, 1.807) is 6.33 Å². The molecule has 0 amide bonds. The van der Waals surface area contributed by atoms with Gasteiger partial charge in [0.25, 0.3) is 0 Å². The Kier molecular flexibility index (Phi) is 3.50. The average Bonchev–Trinajstić information content (AvgIpc) is 3.17. The summed E-state index contributed by atoms with van der Waals surface area (Å²) in [7, 11) is 0. The number of hydrogen-bond acceptors (Lipinski definition) is 3. The molecule has 1 N–H and O–H groups in total. The molecule has 0 aliphatic rings. The van der Waals surface area contributed by atoms with Crippen LogP contribution in [0.2, 0.25) is 0 Å². The summed E-state index contributed by atoms with van der Waals surface area (Å²) in [5, 5.41) is 4.64. The minimum atomic E-state index is 0.780. The van der Waals surface area contributed by atoms with Crippen LogP contribution < -0.4 is 4.90 Å². The molecule has 0 radical (unpaired) electrons. The number of anilines is 1. The van der Waals surface area contributed by atoms with Crippen molar-refractivity contribution in [2.75, 3.05) is 11.4 Å². The predicted molar refractivity (Wildman–Crippen MR) is 78.9 cm³/mol. The van der Waals surface area contributed by atoms with Crippen LogP contribution in [-0.4, -0.2) is 26.3 Å². The summed E-state index contributed by atoms with van der Waals surface area (Å²) in [6.07, 6.45) is 5.53. The van der Waals surface area contributed by atoms with Gasteiger partial charge in [-0.25, -0.2) is 9.67 Å². The maximum Gasteiger partial charge on any atom is 0.151 e. The maximum absolute atomic E-state index is 4.64. The number of benzene rings is 1. The highest BCUT2D eigenvalue weighted by Crippen LogP contribution is 2.15. The second kappa shape index (κ2) is 5.61. The lowest BCUT2D eigenvalue weighted by Crippen LogP contribution is -2.22. The number of imidazole rings is 1. The molecule has 0 unspecified atom stereocenters.